The molecule has 7 rings (SSSR count). The Hall–Kier alpha value is -3.72. The van der Waals surface area contributed by atoms with Gasteiger partial charge >= 0.3 is 0 Å². The maximum absolute atomic E-state index is 14.4. The summed E-state index contributed by atoms with van der Waals surface area (Å²) >= 11 is 0. The number of carbonyl (C=O) groups is 2. The zero-order valence-electron chi connectivity index (χ0n) is 24.1. The number of hydrogen-bond acceptors (Lipinski definition) is 5. The zero-order valence-corrected chi connectivity index (χ0v) is 24.1. The van der Waals surface area contributed by atoms with Gasteiger partial charge in [-0.05, 0) is 81.0 Å². The average molecular weight is 571 g/mol. The Morgan fingerprint density at radius 2 is 1.79 bits per heavy atom. The van der Waals surface area contributed by atoms with E-state index in [9.17, 15) is 18.4 Å². The molecule has 0 bridgehead atoms. The molecule has 2 atom stereocenters. The van der Waals surface area contributed by atoms with Crippen LogP contribution in [0.1, 0.15) is 67.0 Å². The number of likely N-dealkylation sites (N-methyl/N-ethyl adjacent to an activating group) is 1. The summed E-state index contributed by atoms with van der Waals surface area (Å²) in [6.45, 7) is 2.89. The predicted molar refractivity (Wildman–Crippen MR) is 154 cm³/mol. The molecule has 9 heteroatoms. The van der Waals surface area contributed by atoms with E-state index in [2.05, 4.69) is 21.3 Å². The van der Waals surface area contributed by atoms with Crippen LogP contribution >= 0.6 is 0 Å². The highest BCUT2D eigenvalue weighted by Crippen LogP contribution is 2.47. The lowest BCUT2D eigenvalue weighted by Gasteiger charge is -2.56. The van der Waals surface area contributed by atoms with Gasteiger partial charge < -0.3 is 10.2 Å². The van der Waals surface area contributed by atoms with Gasteiger partial charge in [-0.2, -0.15) is 0 Å². The van der Waals surface area contributed by atoms with Crippen molar-refractivity contribution < 1.29 is 18.4 Å². The Balaban J connectivity index is 1.12. The molecule has 4 heterocycles. The fraction of sp³-hybridized carbons (Fsp3) is 0.455. The second kappa shape index (κ2) is 9.66. The number of hydrogen-bond donors (Lipinski definition) is 1. The molecule has 1 N–H and O–H groups in total. The fourth-order valence-corrected chi connectivity index (χ4v) is 8.10. The first-order valence-corrected chi connectivity index (χ1v) is 14.9. The van der Waals surface area contributed by atoms with E-state index in [1.165, 1.54) is 12.1 Å². The average Bonchev–Trinajstić information content (AvgIpc) is 3.66. The summed E-state index contributed by atoms with van der Waals surface area (Å²) in [7, 11) is 1.97. The number of nitrogens with one attached hydrogen (secondary N) is 1. The second-order valence-electron chi connectivity index (χ2n) is 12.8. The van der Waals surface area contributed by atoms with Crippen molar-refractivity contribution in [1.29, 1.82) is 0 Å². The van der Waals surface area contributed by atoms with Crippen LogP contribution in [0, 0.1) is 11.6 Å². The highest BCUT2D eigenvalue weighted by atomic mass is 19.1. The van der Waals surface area contributed by atoms with E-state index in [0.717, 1.165) is 54.1 Å². The van der Waals surface area contributed by atoms with Crippen molar-refractivity contribution in [3.63, 3.8) is 0 Å². The van der Waals surface area contributed by atoms with Crippen molar-refractivity contribution in [3.05, 3.63) is 88.4 Å². The Bertz CT molecular complexity index is 1580. The third-order valence-electron chi connectivity index (χ3n) is 10.3. The summed E-state index contributed by atoms with van der Waals surface area (Å²) < 4.78 is 28.7. The predicted octanol–water partition coefficient (Wildman–Crippen LogP) is 4.68. The van der Waals surface area contributed by atoms with Gasteiger partial charge in [0.1, 0.15) is 23.0 Å². The molecular formula is C33H35F2N5O2. The van der Waals surface area contributed by atoms with Gasteiger partial charge in [-0.1, -0.05) is 25.0 Å². The number of benzene rings is 1. The summed E-state index contributed by atoms with van der Waals surface area (Å²) in [5, 5.41) is 2.94. The van der Waals surface area contributed by atoms with Crippen LogP contribution in [0.15, 0.2) is 48.8 Å². The minimum atomic E-state index is -0.873. The van der Waals surface area contributed by atoms with Gasteiger partial charge in [0.2, 0.25) is 11.8 Å². The molecular weight excluding hydrogens is 535 g/mol. The maximum atomic E-state index is 14.4. The quantitative estimate of drug-likeness (QED) is 0.482. The van der Waals surface area contributed by atoms with Crippen LogP contribution in [0.4, 0.5) is 14.6 Å². The molecule has 2 amide bonds. The minimum Gasteiger partial charge on any atom is -0.330 e. The molecule has 1 aromatic carbocycles. The van der Waals surface area contributed by atoms with E-state index in [1.54, 1.807) is 6.20 Å². The number of pyridine rings is 2. The summed E-state index contributed by atoms with van der Waals surface area (Å²) in [5.41, 5.74) is 2.36. The Morgan fingerprint density at radius 1 is 1.02 bits per heavy atom. The van der Waals surface area contributed by atoms with E-state index in [0.29, 0.717) is 50.2 Å². The second-order valence-corrected chi connectivity index (χ2v) is 12.8. The molecule has 2 spiro atoms. The number of nitrogens with zero attached hydrogens (tertiary/aromatic N) is 4. The van der Waals surface area contributed by atoms with Gasteiger partial charge in [-0.3, -0.25) is 19.5 Å². The SMILES string of the molecule is C[C@@]1(c2cc(F)cc(F)c2)CN([11CH3])C2(CCCC2)C(=O)N1CCCc1cnc2c(c1)C[C@@]1(C2)C(=O)Nc2ncccc21. The highest BCUT2D eigenvalue weighted by molar-refractivity contribution is 6.06. The molecule has 7 nitrogen and oxygen atoms in total. The molecule has 1 saturated carbocycles. The van der Waals surface area contributed by atoms with E-state index < -0.39 is 28.1 Å². The van der Waals surface area contributed by atoms with Gasteiger partial charge in [-0.15, -0.1) is 0 Å². The molecule has 1 saturated heterocycles. The number of halogens is 2. The lowest BCUT2D eigenvalue weighted by molar-refractivity contribution is -0.163. The Kier molecular flexibility index (Phi) is 6.24. The minimum absolute atomic E-state index is 0.0294. The first-order chi connectivity index (χ1) is 20.1. The molecule has 218 valence electrons. The summed E-state index contributed by atoms with van der Waals surface area (Å²) in [5.74, 6) is -0.626. The van der Waals surface area contributed by atoms with Gasteiger partial charge in [0.15, 0.2) is 0 Å². The summed E-state index contributed by atoms with van der Waals surface area (Å²) in [6, 6.07) is 9.57. The van der Waals surface area contributed by atoms with Crippen molar-refractivity contribution in [2.75, 3.05) is 25.5 Å². The number of piperazine rings is 1. The Morgan fingerprint density at radius 3 is 2.55 bits per heavy atom. The van der Waals surface area contributed by atoms with Gasteiger partial charge in [0.05, 0.1) is 11.0 Å². The third-order valence-corrected chi connectivity index (χ3v) is 10.3. The first-order valence-electron chi connectivity index (χ1n) is 14.9. The van der Waals surface area contributed by atoms with Crippen molar-refractivity contribution in [2.45, 2.75) is 74.8 Å². The number of rotatable bonds is 5. The molecule has 0 unspecified atom stereocenters. The molecule has 0 radical (unpaired) electrons. The lowest BCUT2D eigenvalue weighted by atomic mass is 9.78. The van der Waals surface area contributed by atoms with Crippen LogP contribution in [0.2, 0.25) is 0 Å². The van der Waals surface area contributed by atoms with Crippen molar-refractivity contribution in [2.24, 2.45) is 0 Å². The van der Waals surface area contributed by atoms with Crippen LogP contribution in [0.5, 0.6) is 0 Å². The highest BCUT2D eigenvalue weighted by Gasteiger charge is 2.56. The van der Waals surface area contributed by atoms with Crippen LogP contribution in [0.3, 0.4) is 0 Å². The molecule has 3 aromatic rings. The van der Waals surface area contributed by atoms with E-state index in [-0.39, 0.29) is 11.8 Å². The molecule has 42 heavy (non-hydrogen) atoms. The third kappa shape index (κ3) is 4.00. The molecule has 4 aliphatic rings. The first kappa shape index (κ1) is 27.1. The number of anilines is 1. The molecule has 2 aliphatic carbocycles. The standard InChI is InChI=1S/C33H35F2N5O2/c1-31(23-14-24(34)16-25(35)15-23)20-39(2)33(9-3-4-10-33)30(42)40(31)12-6-7-21-13-22-17-32(18-27(22)37-19-21)26-8-5-11-36-28(26)38-29(32)41/h5,8,11,13-16,19H,3-4,6-7,9-10,12,17-18,20H2,1-2H3,(H,36,38,41)/t31-,32-/m0/s1/i2-1. The van der Waals surface area contributed by atoms with Gasteiger partial charge in [-0.25, -0.2) is 13.8 Å². The number of aryl methyl sites for hydroxylation is 1. The van der Waals surface area contributed by atoms with Gasteiger partial charge in [0, 0.05) is 49.2 Å². The van der Waals surface area contributed by atoms with Crippen molar-refractivity contribution >= 4 is 17.6 Å². The summed E-state index contributed by atoms with van der Waals surface area (Å²) in [4.78, 5) is 40.4. The number of amides is 2. The monoisotopic (exact) mass is 570 g/mol. The van der Waals surface area contributed by atoms with Gasteiger partial charge in [0.25, 0.3) is 0 Å². The van der Waals surface area contributed by atoms with Crippen molar-refractivity contribution in [1.82, 2.24) is 19.8 Å². The number of fused-ring (bicyclic) bond motifs is 3. The smallest absolute Gasteiger partial charge is 0.243 e. The zero-order chi connectivity index (χ0) is 29.3. The molecule has 2 fully saturated rings. The lowest BCUT2D eigenvalue weighted by Crippen LogP contribution is -2.70. The fourth-order valence-electron chi connectivity index (χ4n) is 8.10. The van der Waals surface area contributed by atoms with E-state index in [1.807, 2.05) is 37.2 Å². The number of aromatic nitrogens is 2. The van der Waals surface area contributed by atoms with E-state index in [4.69, 9.17) is 4.98 Å². The van der Waals surface area contributed by atoms with Crippen LogP contribution in [-0.4, -0.2) is 57.3 Å². The normalized spacial score (nSPS) is 26.2. The maximum Gasteiger partial charge on any atom is 0.243 e. The number of carbonyl (C=O) groups excluding carboxylic acids is 2. The Labute approximate surface area is 244 Å². The summed E-state index contributed by atoms with van der Waals surface area (Å²) in [6.07, 6.45) is 9.66. The molecule has 2 aromatic heterocycles. The van der Waals surface area contributed by atoms with Crippen LogP contribution in [-0.2, 0) is 39.8 Å². The van der Waals surface area contributed by atoms with Crippen molar-refractivity contribution in [3.8, 4) is 0 Å². The topological polar surface area (TPSA) is 78.4 Å². The van der Waals surface area contributed by atoms with Crippen LogP contribution < -0.4 is 5.32 Å². The largest absolute Gasteiger partial charge is 0.330 e. The van der Waals surface area contributed by atoms with E-state index >= 15 is 0 Å². The molecule has 2 aliphatic heterocycles. The van der Waals surface area contributed by atoms with Crippen LogP contribution in [0.25, 0.3) is 0 Å².